The van der Waals surface area contributed by atoms with Gasteiger partial charge in [-0.25, -0.2) is 0 Å². The molecule has 0 aliphatic carbocycles. The number of benzene rings is 3. The molecule has 0 aliphatic heterocycles. The van der Waals surface area contributed by atoms with Crippen LogP contribution in [-0.4, -0.2) is 18.9 Å². The van der Waals surface area contributed by atoms with Gasteiger partial charge in [0.2, 0.25) is 0 Å². The molecule has 0 aromatic heterocycles. The zero-order valence-electron chi connectivity index (χ0n) is 16.6. The SMILES string of the molecule is CCc1ccc(NC(=O)c2cccc(C(=O)NCc3ccccc3OC)c2)cc1. The minimum absolute atomic E-state index is 0.252. The monoisotopic (exact) mass is 388 g/mol. The van der Waals surface area contributed by atoms with Gasteiger partial charge < -0.3 is 15.4 Å². The zero-order valence-corrected chi connectivity index (χ0v) is 16.6. The first-order chi connectivity index (χ1) is 14.1. The van der Waals surface area contributed by atoms with Crippen molar-refractivity contribution in [2.45, 2.75) is 19.9 Å². The molecule has 2 amide bonds. The van der Waals surface area contributed by atoms with Crippen LogP contribution in [0.5, 0.6) is 5.75 Å². The minimum atomic E-state index is -0.256. The first-order valence-corrected chi connectivity index (χ1v) is 9.51. The van der Waals surface area contributed by atoms with Crippen molar-refractivity contribution in [3.63, 3.8) is 0 Å². The highest BCUT2D eigenvalue weighted by molar-refractivity contribution is 6.06. The van der Waals surface area contributed by atoms with E-state index in [1.807, 2.05) is 48.5 Å². The number of rotatable bonds is 7. The number of carbonyl (C=O) groups excluding carboxylic acids is 2. The number of hydrogen-bond acceptors (Lipinski definition) is 3. The normalized spacial score (nSPS) is 10.3. The number of nitrogens with one attached hydrogen (secondary N) is 2. The molecule has 5 nitrogen and oxygen atoms in total. The molecule has 0 saturated carbocycles. The molecule has 0 radical (unpaired) electrons. The Kier molecular flexibility index (Phi) is 6.63. The van der Waals surface area contributed by atoms with Gasteiger partial charge in [0.1, 0.15) is 5.75 Å². The van der Waals surface area contributed by atoms with Gasteiger partial charge in [-0.05, 0) is 48.4 Å². The maximum Gasteiger partial charge on any atom is 0.255 e. The highest BCUT2D eigenvalue weighted by Gasteiger charge is 2.12. The Morgan fingerprint density at radius 3 is 2.24 bits per heavy atom. The summed E-state index contributed by atoms with van der Waals surface area (Å²) in [5.74, 6) is 0.210. The molecule has 0 bridgehead atoms. The average Bonchev–Trinajstić information content (AvgIpc) is 2.78. The van der Waals surface area contributed by atoms with E-state index < -0.39 is 0 Å². The van der Waals surface area contributed by atoms with Gasteiger partial charge in [0.15, 0.2) is 0 Å². The number of anilines is 1. The van der Waals surface area contributed by atoms with Crippen LogP contribution in [-0.2, 0) is 13.0 Å². The quantitative estimate of drug-likeness (QED) is 0.629. The summed E-state index contributed by atoms with van der Waals surface area (Å²) in [6.07, 6.45) is 0.945. The van der Waals surface area contributed by atoms with Crippen LogP contribution in [0, 0.1) is 0 Å². The second-order valence-electron chi connectivity index (χ2n) is 6.58. The van der Waals surface area contributed by atoms with E-state index in [4.69, 9.17) is 4.74 Å². The highest BCUT2D eigenvalue weighted by Crippen LogP contribution is 2.17. The first-order valence-electron chi connectivity index (χ1n) is 9.51. The summed E-state index contributed by atoms with van der Waals surface area (Å²) < 4.78 is 5.30. The van der Waals surface area contributed by atoms with E-state index in [0.29, 0.717) is 17.7 Å². The maximum absolute atomic E-state index is 12.5. The second kappa shape index (κ2) is 9.55. The highest BCUT2D eigenvalue weighted by atomic mass is 16.5. The lowest BCUT2D eigenvalue weighted by Crippen LogP contribution is -2.23. The molecule has 3 aromatic rings. The Hall–Kier alpha value is -3.60. The summed E-state index contributed by atoms with van der Waals surface area (Å²) >= 11 is 0. The molecular weight excluding hydrogens is 364 g/mol. The molecule has 0 spiro atoms. The molecule has 0 atom stereocenters. The van der Waals surface area contributed by atoms with Crippen LogP contribution in [0.25, 0.3) is 0 Å². The van der Waals surface area contributed by atoms with Gasteiger partial charge >= 0.3 is 0 Å². The van der Waals surface area contributed by atoms with Crippen molar-refractivity contribution in [3.8, 4) is 5.75 Å². The minimum Gasteiger partial charge on any atom is -0.496 e. The average molecular weight is 388 g/mol. The van der Waals surface area contributed by atoms with Crippen LogP contribution >= 0.6 is 0 Å². The molecule has 5 heteroatoms. The molecule has 0 heterocycles. The molecule has 3 aromatic carbocycles. The fraction of sp³-hybridized carbons (Fsp3) is 0.167. The van der Waals surface area contributed by atoms with Crippen molar-refractivity contribution in [1.82, 2.24) is 5.32 Å². The molecule has 2 N–H and O–H groups in total. The fourth-order valence-electron chi connectivity index (χ4n) is 2.96. The Bertz CT molecular complexity index is 997. The maximum atomic E-state index is 12.5. The molecule has 0 fully saturated rings. The van der Waals surface area contributed by atoms with Crippen LogP contribution in [0.1, 0.15) is 38.8 Å². The van der Waals surface area contributed by atoms with E-state index in [1.165, 1.54) is 5.56 Å². The standard InChI is InChI=1S/C24H24N2O3/c1-3-17-11-13-21(14-12-17)26-24(28)19-9-6-8-18(15-19)23(27)25-16-20-7-4-5-10-22(20)29-2/h4-15H,3,16H2,1-2H3,(H,25,27)(H,26,28). The zero-order chi connectivity index (χ0) is 20.6. The van der Waals surface area contributed by atoms with E-state index in [1.54, 1.807) is 31.4 Å². The van der Waals surface area contributed by atoms with Crippen molar-refractivity contribution >= 4 is 17.5 Å². The number of ether oxygens (including phenoxy) is 1. The summed E-state index contributed by atoms with van der Waals surface area (Å²) in [6, 6.07) is 21.9. The van der Waals surface area contributed by atoms with Crippen molar-refractivity contribution in [2.75, 3.05) is 12.4 Å². The van der Waals surface area contributed by atoms with Crippen LogP contribution in [0.4, 0.5) is 5.69 Å². The third-order valence-electron chi connectivity index (χ3n) is 4.64. The first kappa shape index (κ1) is 20.1. The lowest BCUT2D eigenvalue weighted by molar-refractivity contribution is 0.0950. The molecule has 29 heavy (non-hydrogen) atoms. The number of methoxy groups -OCH3 is 1. The van der Waals surface area contributed by atoms with E-state index in [2.05, 4.69) is 17.6 Å². The van der Waals surface area contributed by atoms with E-state index in [9.17, 15) is 9.59 Å². The van der Waals surface area contributed by atoms with Crippen LogP contribution in [0.3, 0.4) is 0 Å². The van der Waals surface area contributed by atoms with Gasteiger partial charge in [-0.3, -0.25) is 9.59 Å². The van der Waals surface area contributed by atoms with Crippen molar-refractivity contribution < 1.29 is 14.3 Å². The second-order valence-corrected chi connectivity index (χ2v) is 6.58. The van der Waals surface area contributed by atoms with Gasteiger partial charge in [0.25, 0.3) is 11.8 Å². The fourth-order valence-corrected chi connectivity index (χ4v) is 2.96. The Balaban J connectivity index is 1.66. The molecule has 3 rings (SSSR count). The predicted molar refractivity (Wildman–Crippen MR) is 114 cm³/mol. The Morgan fingerprint density at radius 2 is 1.55 bits per heavy atom. The summed E-state index contributed by atoms with van der Waals surface area (Å²) in [6.45, 7) is 2.42. The van der Waals surface area contributed by atoms with Crippen molar-refractivity contribution in [1.29, 1.82) is 0 Å². The van der Waals surface area contributed by atoms with Crippen LogP contribution in [0.2, 0.25) is 0 Å². The lowest BCUT2D eigenvalue weighted by atomic mass is 10.1. The third kappa shape index (κ3) is 5.23. The lowest BCUT2D eigenvalue weighted by Gasteiger charge is -2.10. The summed E-state index contributed by atoms with van der Waals surface area (Å²) in [4.78, 5) is 25.1. The summed E-state index contributed by atoms with van der Waals surface area (Å²) in [5.41, 5.74) is 3.66. The van der Waals surface area contributed by atoms with E-state index >= 15 is 0 Å². The smallest absolute Gasteiger partial charge is 0.255 e. The molecule has 148 valence electrons. The summed E-state index contributed by atoms with van der Waals surface area (Å²) in [5, 5.41) is 5.73. The molecule has 0 aliphatic rings. The Labute approximate surface area is 170 Å². The van der Waals surface area contributed by atoms with Crippen LogP contribution < -0.4 is 15.4 Å². The van der Waals surface area contributed by atoms with Gasteiger partial charge in [0.05, 0.1) is 7.11 Å². The number of amides is 2. The predicted octanol–water partition coefficient (Wildman–Crippen LogP) is 4.44. The third-order valence-corrected chi connectivity index (χ3v) is 4.64. The number of carbonyl (C=O) groups is 2. The summed E-state index contributed by atoms with van der Waals surface area (Å²) in [7, 11) is 1.60. The Morgan fingerprint density at radius 1 is 0.862 bits per heavy atom. The number of aryl methyl sites for hydroxylation is 1. The van der Waals surface area contributed by atoms with Gasteiger partial charge in [0, 0.05) is 28.9 Å². The van der Waals surface area contributed by atoms with Gasteiger partial charge in [-0.1, -0.05) is 43.3 Å². The van der Waals surface area contributed by atoms with Crippen molar-refractivity contribution in [3.05, 3.63) is 95.1 Å². The largest absolute Gasteiger partial charge is 0.496 e. The van der Waals surface area contributed by atoms with E-state index in [-0.39, 0.29) is 11.8 Å². The molecule has 0 unspecified atom stereocenters. The van der Waals surface area contributed by atoms with Gasteiger partial charge in [-0.2, -0.15) is 0 Å². The van der Waals surface area contributed by atoms with E-state index in [0.717, 1.165) is 23.4 Å². The van der Waals surface area contributed by atoms with Crippen LogP contribution in [0.15, 0.2) is 72.8 Å². The molecular formula is C24H24N2O3. The van der Waals surface area contributed by atoms with Gasteiger partial charge in [-0.15, -0.1) is 0 Å². The topological polar surface area (TPSA) is 67.4 Å². The number of para-hydroxylation sites is 1. The number of hydrogen-bond donors (Lipinski definition) is 2. The molecule has 0 saturated heterocycles. The van der Waals surface area contributed by atoms with Crippen molar-refractivity contribution in [2.24, 2.45) is 0 Å².